The molecule has 1 heterocycles. The smallest absolute Gasteiger partial charge is 0.170 e. The predicted octanol–water partition coefficient (Wildman–Crippen LogP) is 3.05. The molecule has 1 aromatic heterocycles. The minimum absolute atomic E-state index is 0.288. The van der Waals surface area contributed by atoms with Crippen LogP contribution in [0.2, 0.25) is 5.02 Å². The van der Waals surface area contributed by atoms with E-state index in [1.165, 1.54) is 0 Å². The number of hydrogen-bond acceptors (Lipinski definition) is 3. The van der Waals surface area contributed by atoms with Crippen LogP contribution in [0, 0.1) is 0 Å². The summed E-state index contributed by atoms with van der Waals surface area (Å²) in [4.78, 5) is 0. The van der Waals surface area contributed by atoms with Crippen LogP contribution in [-0.2, 0) is 6.67 Å². The van der Waals surface area contributed by atoms with Crippen LogP contribution in [-0.4, -0.2) is 5.16 Å². The van der Waals surface area contributed by atoms with E-state index >= 15 is 0 Å². The largest absolute Gasteiger partial charge is 0.381 e. The number of nitrogens with zero attached hydrogens (tertiary/aromatic N) is 1. The number of halogens is 2. The Hall–Kier alpha value is -1.55. The Bertz CT molecular complexity index is 484. The van der Waals surface area contributed by atoms with Crippen LogP contribution < -0.4 is 5.73 Å². The molecule has 0 aliphatic rings. The van der Waals surface area contributed by atoms with E-state index in [9.17, 15) is 4.39 Å². The molecule has 1 aromatic carbocycles. The van der Waals surface area contributed by atoms with E-state index in [-0.39, 0.29) is 5.82 Å². The van der Waals surface area contributed by atoms with Gasteiger partial charge in [-0.05, 0) is 17.7 Å². The monoisotopic (exact) mass is 226 g/mol. The number of rotatable bonds is 2. The fraction of sp³-hybridized carbons (Fsp3) is 0.100. The first-order chi connectivity index (χ1) is 7.20. The first-order valence-corrected chi connectivity index (χ1v) is 4.65. The molecule has 78 valence electrons. The number of nitrogens with two attached hydrogens (primary N) is 1. The molecule has 0 bridgehead atoms. The molecule has 0 atom stereocenters. The molecule has 0 amide bonds. The summed E-state index contributed by atoms with van der Waals surface area (Å²) in [5.74, 6) is 0.763. The molecule has 0 radical (unpaired) electrons. The average molecular weight is 227 g/mol. The third-order valence-electron chi connectivity index (χ3n) is 1.98. The van der Waals surface area contributed by atoms with Crippen molar-refractivity contribution < 1.29 is 8.91 Å². The van der Waals surface area contributed by atoms with Gasteiger partial charge in [-0.25, -0.2) is 4.39 Å². The normalized spacial score (nSPS) is 10.5. The summed E-state index contributed by atoms with van der Waals surface area (Å²) in [6.45, 7) is -0.543. The summed E-state index contributed by atoms with van der Waals surface area (Å²) in [5.41, 5.74) is 6.59. The third-order valence-corrected chi connectivity index (χ3v) is 2.29. The van der Waals surface area contributed by atoms with Gasteiger partial charge in [0.25, 0.3) is 0 Å². The number of anilines is 1. The van der Waals surface area contributed by atoms with Crippen LogP contribution in [0.15, 0.2) is 28.8 Å². The van der Waals surface area contributed by atoms with E-state index in [4.69, 9.17) is 21.9 Å². The molecule has 0 unspecified atom stereocenters. The molecule has 0 saturated carbocycles. The molecule has 0 aliphatic carbocycles. The first kappa shape index (κ1) is 9.98. The van der Waals surface area contributed by atoms with Gasteiger partial charge in [0, 0.05) is 11.6 Å². The van der Waals surface area contributed by atoms with Crippen molar-refractivity contribution in [2.24, 2.45) is 0 Å². The van der Waals surface area contributed by atoms with Crippen molar-refractivity contribution in [2.45, 2.75) is 6.67 Å². The van der Waals surface area contributed by atoms with Crippen LogP contribution >= 0.6 is 11.6 Å². The van der Waals surface area contributed by atoms with Gasteiger partial charge in [-0.15, -0.1) is 0 Å². The van der Waals surface area contributed by atoms with Gasteiger partial charge < -0.3 is 10.3 Å². The molecule has 2 N–H and O–H groups in total. The summed E-state index contributed by atoms with van der Waals surface area (Å²) in [5, 5.41) is 3.96. The maximum absolute atomic E-state index is 12.3. The lowest BCUT2D eigenvalue weighted by molar-refractivity contribution is 0.436. The Labute approximate surface area is 90.6 Å². The van der Waals surface area contributed by atoms with Crippen LogP contribution in [0.5, 0.6) is 0 Å². The Morgan fingerprint density at radius 2 is 2.20 bits per heavy atom. The van der Waals surface area contributed by atoms with E-state index < -0.39 is 6.67 Å². The third kappa shape index (κ3) is 1.94. The minimum atomic E-state index is -0.543. The van der Waals surface area contributed by atoms with Gasteiger partial charge in [0.15, 0.2) is 11.6 Å². The van der Waals surface area contributed by atoms with Crippen LogP contribution in [0.3, 0.4) is 0 Å². The van der Waals surface area contributed by atoms with Crippen molar-refractivity contribution in [1.29, 1.82) is 0 Å². The highest BCUT2D eigenvalue weighted by Crippen LogP contribution is 2.29. The summed E-state index contributed by atoms with van der Waals surface area (Å²) in [6, 6.07) is 6.43. The van der Waals surface area contributed by atoms with E-state index in [0.717, 1.165) is 0 Å². The van der Waals surface area contributed by atoms with Crippen molar-refractivity contribution in [3.63, 3.8) is 0 Å². The highest BCUT2D eigenvalue weighted by molar-refractivity contribution is 6.33. The van der Waals surface area contributed by atoms with Gasteiger partial charge in [-0.3, -0.25) is 0 Å². The Balaban J connectivity index is 2.45. The number of aromatic nitrogens is 1. The SMILES string of the molecule is Nc1cc(-c2ccc(CF)cc2Cl)on1. The maximum Gasteiger partial charge on any atom is 0.170 e. The molecule has 0 aliphatic heterocycles. The van der Waals surface area contributed by atoms with E-state index in [1.54, 1.807) is 24.3 Å². The molecule has 0 spiro atoms. The zero-order chi connectivity index (χ0) is 10.8. The van der Waals surface area contributed by atoms with Gasteiger partial charge in [0.05, 0.1) is 5.02 Å². The van der Waals surface area contributed by atoms with Crippen LogP contribution in [0.4, 0.5) is 10.2 Å². The van der Waals surface area contributed by atoms with Crippen molar-refractivity contribution in [3.05, 3.63) is 34.9 Å². The lowest BCUT2D eigenvalue weighted by atomic mass is 10.1. The topological polar surface area (TPSA) is 52.0 Å². The molecule has 2 rings (SSSR count). The molecular formula is C10H8ClFN2O. The standard InChI is InChI=1S/C10H8ClFN2O/c11-8-3-6(5-12)1-2-7(8)9-4-10(13)14-15-9/h1-4H,5H2,(H2,13,14). The predicted molar refractivity (Wildman–Crippen MR) is 56.2 cm³/mol. The van der Waals surface area contributed by atoms with Gasteiger partial charge in [0.1, 0.15) is 6.67 Å². The molecule has 0 fully saturated rings. The fourth-order valence-electron chi connectivity index (χ4n) is 1.26. The average Bonchev–Trinajstić information content (AvgIpc) is 2.64. The highest BCUT2D eigenvalue weighted by Gasteiger charge is 2.09. The lowest BCUT2D eigenvalue weighted by Crippen LogP contribution is -1.82. The van der Waals surface area contributed by atoms with Crippen LogP contribution in [0.25, 0.3) is 11.3 Å². The molecule has 2 aromatic rings. The maximum atomic E-state index is 12.3. The van der Waals surface area contributed by atoms with Gasteiger partial charge in [-0.2, -0.15) is 0 Å². The molecule has 0 saturated heterocycles. The second-order valence-corrected chi connectivity index (χ2v) is 3.47. The summed E-state index contributed by atoms with van der Waals surface area (Å²) in [7, 11) is 0. The van der Waals surface area contributed by atoms with Crippen molar-refractivity contribution in [1.82, 2.24) is 5.16 Å². The van der Waals surface area contributed by atoms with Crippen molar-refractivity contribution in [3.8, 4) is 11.3 Å². The Morgan fingerprint density at radius 1 is 1.40 bits per heavy atom. The molecule has 3 nitrogen and oxygen atoms in total. The van der Waals surface area contributed by atoms with Crippen molar-refractivity contribution >= 4 is 17.4 Å². The highest BCUT2D eigenvalue weighted by atomic mass is 35.5. The number of hydrogen-bond donors (Lipinski definition) is 1. The van der Waals surface area contributed by atoms with E-state index in [1.807, 2.05) is 0 Å². The first-order valence-electron chi connectivity index (χ1n) is 4.27. The number of nitrogen functional groups attached to an aromatic ring is 1. The lowest BCUT2D eigenvalue weighted by Gasteiger charge is -2.01. The van der Waals surface area contributed by atoms with Gasteiger partial charge in [0.2, 0.25) is 0 Å². The molecular weight excluding hydrogens is 219 g/mol. The number of benzene rings is 1. The number of alkyl halides is 1. The second-order valence-electron chi connectivity index (χ2n) is 3.06. The zero-order valence-corrected chi connectivity index (χ0v) is 8.46. The summed E-state index contributed by atoms with van der Waals surface area (Å²) in [6.07, 6.45) is 0. The second kappa shape index (κ2) is 3.90. The van der Waals surface area contributed by atoms with Crippen LogP contribution in [0.1, 0.15) is 5.56 Å². The molecule has 15 heavy (non-hydrogen) atoms. The Kier molecular flexibility index (Phi) is 2.60. The minimum Gasteiger partial charge on any atom is -0.381 e. The molecule has 5 heteroatoms. The van der Waals surface area contributed by atoms with Crippen molar-refractivity contribution in [2.75, 3.05) is 5.73 Å². The fourth-order valence-corrected chi connectivity index (χ4v) is 1.55. The Morgan fingerprint density at radius 3 is 2.73 bits per heavy atom. The summed E-state index contributed by atoms with van der Waals surface area (Å²) < 4.78 is 17.3. The zero-order valence-electron chi connectivity index (χ0n) is 7.71. The van der Waals surface area contributed by atoms with E-state index in [2.05, 4.69) is 5.16 Å². The van der Waals surface area contributed by atoms with Gasteiger partial charge >= 0.3 is 0 Å². The van der Waals surface area contributed by atoms with E-state index in [0.29, 0.717) is 21.9 Å². The van der Waals surface area contributed by atoms with Gasteiger partial charge in [-0.1, -0.05) is 22.8 Å². The summed E-state index contributed by atoms with van der Waals surface area (Å²) >= 11 is 5.96. The quantitative estimate of drug-likeness (QED) is 0.856.